The topological polar surface area (TPSA) is 36.3 Å². The molecule has 11 rings (SSSR count). The molecule has 0 unspecified atom stereocenters. The van der Waals surface area contributed by atoms with Crippen LogP contribution in [0.25, 0.3) is 49.9 Å². The van der Waals surface area contributed by atoms with E-state index in [1.165, 1.54) is 27.4 Å². The van der Waals surface area contributed by atoms with Crippen LogP contribution in [-0.4, -0.2) is 9.55 Å². The lowest BCUT2D eigenvalue weighted by molar-refractivity contribution is 0.399. The molecule has 4 nitrogen and oxygen atoms in total. The van der Waals surface area contributed by atoms with Crippen molar-refractivity contribution < 1.29 is 9.47 Å². The molecule has 0 aliphatic carbocycles. The minimum atomic E-state index is -0.709. The quantitative estimate of drug-likeness (QED) is 0.188. The maximum absolute atomic E-state index is 6.94. The number of para-hydroxylation sites is 4. The van der Waals surface area contributed by atoms with Crippen LogP contribution in [0.4, 0.5) is 0 Å². The molecule has 0 radical (unpaired) electrons. The van der Waals surface area contributed by atoms with Gasteiger partial charge in [-0.2, -0.15) is 0 Å². The second-order valence-electron chi connectivity index (χ2n) is 13.5. The third-order valence-corrected chi connectivity index (χ3v) is 10.8. The summed E-state index contributed by atoms with van der Waals surface area (Å²) in [7, 11) is 0. The van der Waals surface area contributed by atoms with Gasteiger partial charge in [-0.05, 0) is 77.9 Å². The Bertz CT molecular complexity index is 2810. The number of aromatic nitrogens is 2. The fraction of sp³-hybridized carbons (Fsp3) is 0.0208. The van der Waals surface area contributed by atoms with Crippen molar-refractivity contribution in [1.82, 2.24) is 9.55 Å². The predicted octanol–water partition coefficient (Wildman–Crippen LogP) is 12.1. The molecule has 7 aromatic carbocycles. The molecule has 0 N–H and O–H groups in total. The summed E-state index contributed by atoms with van der Waals surface area (Å²) in [5, 5.41) is 2.44. The Kier molecular flexibility index (Phi) is 6.13. The molecule has 0 amide bonds. The number of hydrogen-bond acceptors (Lipinski definition) is 3. The van der Waals surface area contributed by atoms with Crippen LogP contribution in [0, 0.1) is 0 Å². The average Bonchev–Trinajstić information content (AvgIpc) is 3.56. The largest absolute Gasteiger partial charge is 0.457 e. The standard InChI is InChI=1S/C48H30N2O2/c1-2-13-33(14-3-1)50-41-20-7-4-15-35(41)47-34(16-12-21-42(47)50)31-25-27-45-39(29-31)48(36-17-5-8-22-43(36)51-44-23-9-6-18-37(44)48)38-26-24-32(30-46(38)52-45)40-19-10-11-28-49-40/h1-30H. The molecule has 4 heterocycles. The molecule has 0 atom stereocenters. The number of nitrogens with zero attached hydrogens (tertiary/aromatic N) is 2. The Morgan fingerprint density at radius 2 is 1.10 bits per heavy atom. The molecule has 2 aliphatic rings. The van der Waals surface area contributed by atoms with Crippen LogP contribution in [0.3, 0.4) is 0 Å². The summed E-state index contributed by atoms with van der Waals surface area (Å²) in [4.78, 5) is 4.65. The van der Waals surface area contributed by atoms with Gasteiger partial charge >= 0.3 is 0 Å². The number of pyridine rings is 1. The normalized spacial score (nSPS) is 13.5. The van der Waals surface area contributed by atoms with Crippen molar-refractivity contribution >= 4 is 21.8 Å². The van der Waals surface area contributed by atoms with E-state index >= 15 is 0 Å². The fourth-order valence-corrected chi connectivity index (χ4v) is 8.64. The van der Waals surface area contributed by atoms with Gasteiger partial charge < -0.3 is 14.0 Å². The van der Waals surface area contributed by atoms with Gasteiger partial charge in [-0.1, -0.05) is 109 Å². The summed E-state index contributed by atoms with van der Waals surface area (Å²) < 4.78 is 15.9. The molecular formula is C48H30N2O2. The minimum absolute atomic E-state index is 0.709. The Morgan fingerprint density at radius 1 is 0.442 bits per heavy atom. The van der Waals surface area contributed by atoms with Crippen molar-refractivity contribution in [2.24, 2.45) is 0 Å². The number of rotatable bonds is 3. The van der Waals surface area contributed by atoms with E-state index in [2.05, 4.69) is 155 Å². The molecule has 4 heteroatoms. The van der Waals surface area contributed by atoms with Gasteiger partial charge in [-0.3, -0.25) is 4.98 Å². The van der Waals surface area contributed by atoms with Crippen LogP contribution >= 0.6 is 0 Å². The monoisotopic (exact) mass is 666 g/mol. The Hall–Kier alpha value is -6.91. The zero-order chi connectivity index (χ0) is 34.2. The molecule has 0 fully saturated rings. The number of hydrogen-bond donors (Lipinski definition) is 0. The lowest BCUT2D eigenvalue weighted by Crippen LogP contribution is -2.36. The molecular weight excluding hydrogens is 637 g/mol. The van der Waals surface area contributed by atoms with Gasteiger partial charge in [0, 0.05) is 50.5 Å². The van der Waals surface area contributed by atoms with E-state index in [0.717, 1.165) is 67.8 Å². The minimum Gasteiger partial charge on any atom is -0.457 e. The van der Waals surface area contributed by atoms with Gasteiger partial charge in [-0.25, -0.2) is 0 Å². The van der Waals surface area contributed by atoms with Crippen molar-refractivity contribution in [3.63, 3.8) is 0 Å². The molecule has 1 spiro atoms. The number of ether oxygens (including phenoxy) is 2. The van der Waals surface area contributed by atoms with Gasteiger partial charge in [0.2, 0.25) is 0 Å². The van der Waals surface area contributed by atoms with Crippen LogP contribution in [0.2, 0.25) is 0 Å². The van der Waals surface area contributed by atoms with Crippen molar-refractivity contribution in [2.45, 2.75) is 5.41 Å². The summed E-state index contributed by atoms with van der Waals surface area (Å²) in [6, 6.07) is 62.1. The Labute approximate surface area is 300 Å². The lowest BCUT2D eigenvalue weighted by atomic mass is 9.62. The molecule has 0 saturated heterocycles. The first-order chi connectivity index (χ1) is 25.8. The highest BCUT2D eigenvalue weighted by Crippen LogP contribution is 2.62. The molecule has 2 aliphatic heterocycles. The zero-order valence-electron chi connectivity index (χ0n) is 28.0. The van der Waals surface area contributed by atoms with Crippen LogP contribution in [0.1, 0.15) is 22.3 Å². The van der Waals surface area contributed by atoms with Crippen molar-refractivity contribution in [3.8, 4) is 51.1 Å². The summed E-state index contributed by atoms with van der Waals surface area (Å²) in [6.45, 7) is 0. The predicted molar refractivity (Wildman–Crippen MR) is 208 cm³/mol. The first-order valence-electron chi connectivity index (χ1n) is 17.6. The SMILES string of the molecule is c1ccc(-n2c3ccccc3c3c(-c4ccc5c(c4)C4(c6ccccc6Oc6ccccc64)c4ccc(-c6ccccn6)cc4O5)cccc32)cc1. The summed E-state index contributed by atoms with van der Waals surface area (Å²) >= 11 is 0. The zero-order valence-corrected chi connectivity index (χ0v) is 28.0. The van der Waals surface area contributed by atoms with Crippen molar-refractivity contribution in [3.05, 3.63) is 204 Å². The van der Waals surface area contributed by atoms with E-state index in [9.17, 15) is 0 Å². The number of fused-ring (bicyclic) bond motifs is 11. The molecule has 2 aromatic heterocycles. The average molecular weight is 667 g/mol. The lowest BCUT2D eigenvalue weighted by Gasteiger charge is -2.45. The van der Waals surface area contributed by atoms with Crippen LogP contribution in [0.5, 0.6) is 23.0 Å². The highest BCUT2D eigenvalue weighted by Gasteiger charge is 2.50. The van der Waals surface area contributed by atoms with Crippen molar-refractivity contribution in [2.75, 3.05) is 0 Å². The maximum Gasteiger partial charge on any atom is 0.132 e. The third kappa shape index (κ3) is 4.00. The first kappa shape index (κ1) is 28.9. The van der Waals surface area contributed by atoms with Crippen molar-refractivity contribution in [1.29, 1.82) is 0 Å². The van der Waals surface area contributed by atoms with Crippen LogP contribution < -0.4 is 9.47 Å². The van der Waals surface area contributed by atoms with Crippen LogP contribution in [-0.2, 0) is 5.41 Å². The van der Waals surface area contributed by atoms with E-state index in [0.29, 0.717) is 0 Å². The molecule has 52 heavy (non-hydrogen) atoms. The van der Waals surface area contributed by atoms with Gasteiger partial charge in [-0.15, -0.1) is 0 Å². The smallest absolute Gasteiger partial charge is 0.132 e. The first-order valence-corrected chi connectivity index (χ1v) is 17.6. The second kappa shape index (κ2) is 11.0. The Morgan fingerprint density at radius 3 is 1.90 bits per heavy atom. The van der Waals surface area contributed by atoms with E-state index in [1.807, 2.05) is 36.5 Å². The second-order valence-corrected chi connectivity index (χ2v) is 13.5. The summed E-state index contributed by atoms with van der Waals surface area (Å²) in [5.74, 6) is 3.31. The van der Waals surface area contributed by atoms with Gasteiger partial charge in [0.1, 0.15) is 23.0 Å². The highest BCUT2D eigenvalue weighted by atomic mass is 16.5. The number of benzene rings is 7. The molecule has 0 bridgehead atoms. The van der Waals surface area contributed by atoms with E-state index in [-0.39, 0.29) is 0 Å². The molecule has 0 saturated carbocycles. The maximum atomic E-state index is 6.94. The molecule has 244 valence electrons. The van der Waals surface area contributed by atoms with Gasteiger partial charge in [0.05, 0.1) is 22.1 Å². The Balaban J connectivity index is 1.21. The molecule has 9 aromatic rings. The summed E-state index contributed by atoms with van der Waals surface area (Å²) in [5.41, 5.74) is 11.3. The fourth-order valence-electron chi connectivity index (χ4n) is 8.64. The summed E-state index contributed by atoms with van der Waals surface area (Å²) in [6.07, 6.45) is 1.83. The third-order valence-electron chi connectivity index (χ3n) is 10.8. The van der Waals surface area contributed by atoms with Crippen LogP contribution in [0.15, 0.2) is 182 Å². The highest BCUT2D eigenvalue weighted by molar-refractivity contribution is 6.15. The van der Waals surface area contributed by atoms with E-state index < -0.39 is 5.41 Å². The van der Waals surface area contributed by atoms with Gasteiger partial charge in [0.25, 0.3) is 0 Å². The van der Waals surface area contributed by atoms with E-state index in [1.54, 1.807) is 0 Å². The van der Waals surface area contributed by atoms with E-state index in [4.69, 9.17) is 9.47 Å². The van der Waals surface area contributed by atoms with Gasteiger partial charge in [0.15, 0.2) is 0 Å².